The van der Waals surface area contributed by atoms with E-state index in [2.05, 4.69) is 5.32 Å². The fraction of sp³-hybridized carbons (Fsp3) is 0.619. The van der Waals surface area contributed by atoms with E-state index in [-0.39, 0.29) is 23.8 Å². The SMILES string of the molecule is CCOC(=O)C1(CC(=O)NC2(Cc3ccc(Cl)cc3Cl)CCC2)CCOCC1. The van der Waals surface area contributed by atoms with Gasteiger partial charge in [0.2, 0.25) is 5.91 Å². The monoisotopic (exact) mass is 427 g/mol. The minimum Gasteiger partial charge on any atom is -0.466 e. The van der Waals surface area contributed by atoms with Crippen LogP contribution >= 0.6 is 23.2 Å². The van der Waals surface area contributed by atoms with E-state index >= 15 is 0 Å². The van der Waals surface area contributed by atoms with Gasteiger partial charge in [0.15, 0.2) is 0 Å². The van der Waals surface area contributed by atoms with E-state index < -0.39 is 5.41 Å². The van der Waals surface area contributed by atoms with Crippen molar-refractivity contribution in [3.05, 3.63) is 33.8 Å². The van der Waals surface area contributed by atoms with Gasteiger partial charge in [0.05, 0.1) is 12.0 Å². The van der Waals surface area contributed by atoms with Gasteiger partial charge < -0.3 is 14.8 Å². The van der Waals surface area contributed by atoms with Gasteiger partial charge in [-0.2, -0.15) is 0 Å². The first-order chi connectivity index (χ1) is 13.4. The molecular weight excluding hydrogens is 401 g/mol. The molecule has 7 heteroatoms. The summed E-state index contributed by atoms with van der Waals surface area (Å²) in [6, 6.07) is 5.45. The molecule has 1 aliphatic carbocycles. The summed E-state index contributed by atoms with van der Waals surface area (Å²) in [5, 5.41) is 4.42. The van der Waals surface area contributed by atoms with Crippen LogP contribution in [0.25, 0.3) is 0 Å². The molecule has 0 spiro atoms. The van der Waals surface area contributed by atoms with Crippen molar-refractivity contribution in [3.63, 3.8) is 0 Å². The summed E-state index contributed by atoms with van der Waals surface area (Å²) in [5.74, 6) is -0.406. The summed E-state index contributed by atoms with van der Waals surface area (Å²) in [6.45, 7) is 3.03. The second-order valence-electron chi connectivity index (χ2n) is 7.88. The topological polar surface area (TPSA) is 64.6 Å². The molecule has 5 nitrogen and oxygen atoms in total. The summed E-state index contributed by atoms with van der Waals surface area (Å²) >= 11 is 12.3. The summed E-state index contributed by atoms with van der Waals surface area (Å²) in [6.07, 6.45) is 4.66. The van der Waals surface area contributed by atoms with Crippen molar-refractivity contribution in [3.8, 4) is 0 Å². The molecule has 1 aliphatic heterocycles. The Morgan fingerprint density at radius 2 is 1.89 bits per heavy atom. The molecule has 0 unspecified atom stereocenters. The van der Waals surface area contributed by atoms with E-state index in [4.69, 9.17) is 32.7 Å². The molecule has 1 saturated carbocycles. The maximum absolute atomic E-state index is 12.9. The highest BCUT2D eigenvalue weighted by Crippen LogP contribution is 2.39. The fourth-order valence-electron chi connectivity index (χ4n) is 4.13. The number of hydrogen-bond donors (Lipinski definition) is 1. The Labute approximate surface area is 176 Å². The molecule has 3 rings (SSSR count). The van der Waals surface area contributed by atoms with Gasteiger partial charge in [-0.15, -0.1) is 0 Å². The predicted octanol–water partition coefficient (Wildman–Crippen LogP) is 4.32. The molecule has 2 aliphatic rings. The van der Waals surface area contributed by atoms with Gasteiger partial charge in [-0.1, -0.05) is 29.3 Å². The molecule has 28 heavy (non-hydrogen) atoms. The van der Waals surface area contributed by atoms with Gasteiger partial charge in [-0.05, 0) is 63.1 Å². The molecule has 1 aromatic carbocycles. The van der Waals surface area contributed by atoms with Crippen LogP contribution in [0.2, 0.25) is 10.0 Å². The van der Waals surface area contributed by atoms with E-state index in [1.807, 2.05) is 12.1 Å². The van der Waals surface area contributed by atoms with Gasteiger partial charge in [0, 0.05) is 35.2 Å². The van der Waals surface area contributed by atoms with Crippen molar-refractivity contribution in [2.24, 2.45) is 5.41 Å². The molecule has 0 bridgehead atoms. The molecule has 0 radical (unpaired) electrons. The van der Waals surface area contributed by atoms with E-state index in [0.717, 1.165) is 24.8 Å². The van der Waals surface area contributed by atoms with Gasteiger partial charge in [-0.25, -0.2) is 0 Å². The number of halogens is 2. The van der Waals surface area contributed by atoms with Crippen LogP contribution in [0.5, 0.6) is 0 Å². The first-order valence-corrected chi connectivity index (χ1v) is 10.6. The molecule has 1 aromatic rings. The summed E-state index contributed by atoms with van der Waals surface area (Å²) in [7, 11) is 0. The van der Waals surface area contributed by atoms with E-state index in [1.54, 1.807) is 13.0 Å². The average molecular weight is 428 g/mol. The number of amides is 1. The van der Waals surface area contributed by atoms with Crippen molar-refractivity contribution in [2.45, 2.75) is 57.4 Å². The first-order valence-electron chi connectivity index (χ1n) is 9.88. The van der Waals surface area contributed by atoms with Crippen LogP contribution < -0.4 is 5.32 Å². The van der Waals surface area contributed by atoms with Gasteiger partial charge in [0.25, 0.3) is 0 Å². The smallest absolute Gasteiger partial charge is 0.312 e. The van der Waals surface area contributed by atoms with Crippen LogP contribution in [-0.4, -0.2) is 37.2 Å². The number of nitrogens with one attached hydrogen (secondary N) is 1. The van der Waals surface area contributed by atoms with Gasteiger partial charge in [0.1, 0.15) is 0 Å². The molecule has 1 amide bonds. The zero-order valence-electron chi connectivity index (χ0n) is 16.2. The molecular formula is C21H27Cl2NO4. The van der Waals surface area contributed by atoms with E-state index in [0.29, 0.717) is 49.1 Å². The quantitative estimate of drug-likeness (QED) is 0.657. The Balaban J connectivity index is 1.69. The molecule has 1 N–H and O–H groups in total. The largest absolute Gasteiger partial charge is 0.466 e. The third-order valence-corrected chi connectivity index (χ3v) is 6.50. The zero-order valence-corrected chi connectivity index (χ0v) is 17.7. The van der Waals surface area contributed by atoms with Crippen molar-refractivity contribution in [2.75, 3.05) is 19.8 Å². The highest BCUT2D eigenvalue weighted by atomic mass is 35.5. The standard InChI is InChI=1S/C21H27Cl2NO4/c1-2-28-19(26)20(8-10-27-11-9-20)14-18(25)24-21(6-3-7-21)13-15-4-5-16(22)12-17(15)23/h4-5,12H,2-3,6-11,13-14H2,1H3,(H,24,25). The van der Waals surface area contributed by atoms with Gasteiger partial charge in [-0.3, -0.25) is 9.59 Å². The fourth-order valence-corrected chi connectivity index (χ4v) is 4.60. The Kier molecular flexibility index (Phi) is 6.89. The first kappa shape index (κ1) is 21.4. The number of rotatable bonds is 7. The van der Waals surface area contributed by atoms with Crippen LogP contribution in [-0.2, 0) is 25.5 Å². The number of benzene rings is 1. The van der Waals surface area contributed by atoms with Gasteiger partial charge >= 0.3 is 5.97 Å². The molecule has 1 saturated heterocycles. The second-order valence-corrected chi connectivity index (χ2v) is 8.73. The Morgan fingerprint density at radius 3 is 2.46 bits per heavy atom. The summed E-state index contributed by atoms with van der Waals surface area (Å²) in [5.41, 5.74) is -0.131. The molecule has 1 heterocycles. The lowest BCUT2D eigenvalue weighted by atomic mass is 9.71. The molecule has 154 valence electrons. The second kappa shape index (κ2) is 9.02. The minimum absolute atomic E-state index is 0.111. The number of esters is 1. The number of carbonyl (C=O) groups is 2. The van der Waals surface area contributed by atoms with E-state index in [9.17, 15) is 9.59 Å². The maximum atomic E-state index is 12.9. The lowest BCUT2D eigenvalue weighted by molar-refractivity contribution is -0.164. The van der Waals surface area contributed by atoms with Crippen molar-refractivity contribution in [1.82, 2.24) is 5.32 Å². The normalized spacial score (nSPS) is 20.1. The van der Waals surface area contributed by atoms with Crippen molar-refractivity contribution >= 4 is 35.1 Å². The van der Waals surface area contributed by atoms with Crippen LogP contribution in [0.4, 0.5) is 0 Å². The maximum Gasteiger partial charge on any atom is 0.312 e. The highest BCUT2D eigenvalue weighted by Gasteiger charge is 2.45. The van der Waals surface area contributed by atoms with Crippen LogP contribution in [0, 0.1) is 5.41 Å². The summed E-state index contributed by atoms with van der Waals surface area (Å²) in [4.78, 5) is 25.5. The lowest BCUT2D eigenvalue weighted by Gasteiger charge is -2.44. The average Bonchev–Trinajstić information content (AvgIpc) is 2.63. The van der Waals surface area contributed by atoms with Crippen molar-refractivity contribution in [1.29, 1.82) is 0 Å². The third kappa shape index (κ3) is 4.81. The minimum atomic E-state index is -0.790. The summed E-state index contributed by atoms with van der Waals surface area (Å²) < 4.78 is 10.7. The zero-order chi connectivity index (χ0) is 20.2. The van der Waals surface area contributed by atoms with Crippen LogP contribution in [0.15, 0.2) is 18.2 Å². The molecule has 0 atom stereocenters. The van der Waals surface area contributed by atoms with E-state index in [1.165, 1.54) is 0 Å². The van der Waals surface area contributed by atoms with Crippen LogP contribution in [0.1, 0.15) is 51.0 Å². The molecule has 0 aromatic heterocycles. The predicted molar refractivity (Wildman–Crippen MR) is 109 cm³/mol. The third-order valence-electron chi connectivity index (χ3n) is 5.92. The molecule has 2 fully saturated rings. The number of carbonyl (C=O) groups excluding carboxylic acids is 2. The van der Waals surface area contributed by atoms with Crippen LogP contribution in [0.3, 0.4) is 0 Å². The Hall–Kier alpha value is -1.30. The number of hydrogen-bond acceptors (Lipinski definition) is 4. The highest BCUT2D eigenvalue weighted by molar-refractivity contribution is 6.35. The Morgan fingerprint density at radius 1 is 1.18 bits per heavy atom. The Bertz CT molecular complexity index is 727. The lowest BCUT2D eigenvalue weighted by Crippen LogP contribution is -2.56. The number of ether oxygens (including phenoxy) is 2. The van der Waals surface area contributed by atoms with Crippen molar-refractivity contribution < 1.29 is 19.1 Å².